The first kappa shape index (κ1) is 14.1. The van der Waals surface area contributed by atoms with Crippen LogP contribution in [0.1, 0.15) is 19.0 Å². The minimum absolute atomic E-state index is 0.0644. The fourth-order valence-electron chi connectivity index (χ4n) is 2.03. The van der Waals surface area contributed by atoms with E-state index in [1.54, 1.807) is 18.6 Å². The van der Waals surface area contributed by atoms with Crippen molar-refractivity contribution in [3.63, 3.8) is 0 Å². The van der Waals surface area contributed by atoms with Gasteiger partial charge in [0.25, 0.3) is 0 Å². The standard InChI is InChI=1S/C13H20N6O/c1-3-11(7-18-5-4-15-9-18)16-13(20)8-19-12(14)6-10(2)17-19/h4-6,9,11H,3,7-8,14H2,1-2H3,(H,16,20)/t11-/m1/s1. The van der Waals surface area contributed by atoms with Crippen LogP contribution in [0.4, 0.5) is 5.82 Å². The zero-order valence-electron chi connectivity index (χ0n) is 11.8. The van der Waals surface area contributed by atoms with E-state index in [4.69, 9.17) is 5.73 Å². The summed E-state index contributed by atoms with van der Waals surface area (Å²) in [6.07, 6.45) is 6.19. The van der Waals surface area contributed by atoms with Gasteiger partial charge in [-0.3, -0.25) is 4.79 Å². The number of carbonyl (C=O) groups excluding carboxylic acids is 1. The number of amides is 1. The summed E-state index contributed by atoms with van der Waals surface area (Å²) in [5.41, 5.74) is 6.58. The molecule has 3 N–H and O–H groups in total. The van der Waals surface area contributed by atoms with E-state index >= 15 is 0 Å². The maximum absolute atomic E-state index is 12.0. The highest BCUT2D eigenvalue weighted by Crippen LogP contribution is 2.05. The van der Waals surface area contributed by atoms with Gasteiger partial charge in [-0.2, -0.15) is 5.10 Å². The number of hydrogen-bond acceptors (Lipinski definition) is 4. The molecule has 2 aromatic rings. The number of anilines is 1. The number of nitrogens with zero attached hydrogens (tertiary/aromatic N) is 4. The number of aromatic nitrogens is 4. The average molecular weight is 276 g/mol. The first-order valence-electron chi connectivity index (χ1n) is 6.63. The summed E-state index contributed by atoms with van der Waals surface area (Å²) in [6.45, 7) is 4.73. The van der Waals surface area contributed by atoms with Crippen molar-refractivity contribution < 1.29 is 4.79 Å². The van der Waals surface area contributed by atoms with Gasteiger partial charge < -0.3 is 15.6 Å². The van der Waals surface area contributed by atoms with Gasteiger partial charge in [-0.05, 0) is 13.3 Å². The van der Waals surface area contributed by atoms with Crippen LogP contribution < -0.4 is 11.1 Å². The summed E-state index contributed by atoms with van der Waals surface area (Å²) in [4.78, 5) is 16.0. The molecule has 20 heavy (non-hydrogen) atoms. The third-order valence-corrected chi connectivity index (χ3v) is 3.07. The van der Waals surface area contributed by atoms with Crippen molar-refractivity contribution in [3.8, 4) is 0 Å². The topological polar surface area (TPSA) is 90.8 Å². The Bertz CT molecular complexity index is 559. The quantitative estimate of drug-likeness (QED) is 0.806. The van der Waals surface area contributed by atoms with Crippen LogP contribution >= 0.6 is 0 Å². The van der Waals surface area contributed by atoms with Crippen molar-refractivity contribution in [2.45, 2.75) is 39.4 Å². The number of nitrogens with two attached hydrogens (primary N) is 1. The average Bonchev–Trinajstić information content (AvgIpc) is 2.99. The van der Waals surface area contributed by atoms with Crippen LogP contribution in [-0.4, -0.2) is 31.3 Å². The van der Waals surface area contributed by atoms with Crippen molar-refractivity contribution in [1.82, 2.24) is 24.6 Å². The van der Waals surface area contributed by atoms with Crippen molar-refractivity contribution >= 4 is 11.7 Å². The Morgan fingerprint density at radius 3 is 2.90 bits per heavy atom. The van der Waals surface area contributed by atoms with E-state index in [1.165, 1.54) is 4.68 Å². The second-order valence-corrected chi connectivity index (χ2v) is 4.80. The van der Waals surface area contributed by atoms with Crippen molar-refractivity contribution in [2.24, 2.45) is 0 Å². The van der Waals surface area contributed by atoms with Crippen LogP contribution in [-0.2, 0) is 17.9 Å². The van der Waals surface area contributed by atoms with Crippen molar-refractivity contribution in [1.29, 1.82) is 0 Å². The molecule has 0 aromatic carbocycles. The largest absolute Gasteiger partial charge is 0.384 e. The number of aryl methyl sites for hydroxylation is 1. The van der Waals surface area contributed by atoms with Gasteiger partial charge in [-0.1, -0.05) is 6.92 Å². The lowest BCUT2D eigenvalue weighted by Crippen LogP contribution is -2.39. The van der Waals surface area contributed by atoms with Gasteiger partial charge in [0.1, 0.15) is 12.4 Å². The lowest BCUT2D eigenvalue weighted by Gasteiger charge is -2.17. The molecule has 7 heteroatoms. The van der Waals surface area contributed by atoms with Crippen LogP contribution in [0.5, 0.6) is 0 Å². The minimum Gasteiger partial charge on any atom is -0.384 e. The van der Waals surface area contributed by atoms with Gasteiger partial charge >= 0.3 is 0 Å². The monoisotopic (exact) mass is 276 g/mol. The molecule has 0 radical (unpaired) electrons. The fourth-order valence-corrected chi connectivity index (χ4v) is 2.03. The zero-order valence-corrected chi connectivity index (χ0v) is 11.8. The summed E-state index contributed by atoms with van der Waals surface area (Å²) in [5, 5.41) is 7.16. The van der Waals surface area contributed by atoms with Crippen LogP contribution in [0.25, 0.3) is 0 Å². The molecule has 0 aliphatic heterocycles. The molecule has 7 nitrogen and oxygen atoms in total. The summed E-state index contributed by atoms with van der Waals surface area (Å²) >= 11 is 0. The lowest BCUT2D eigenvalue weighted by atomic mass is 10.2. The Morgan fingerprint density at radius 1 is 1.55 bits per heavy atom. The van der Waals surface area contributed by atoms with Crippen LogP contribution in [0.2, 0.25) is 0 Å². The number of hydrogen-bond donors (Lipinski definition) is 2. The van der Waals surface area contributed by atoms with Crippen LogP contribution in [0, 0.1) is 6.92 Å². The highest BCUT2D eigenvalue weighted by Gasteiger charge is 2.13. The number of nitrogen functional groups attached to an aromatic ring is 1. The van der Waals surface area contributed by atoms with E-state index in [1.807, 2.05) is 24.6 Å². The zero-order chi connectivity index (χ0) is 14.5. The molecule has 2 rings (SSSR count). The fraction of sp³-hybridized carbons (Fsp3) is 0.462. The molecular weight excluding hydrogens is 256 g/mol. The van der Waals surface area contributed by atoms with Gasteiger partial charge in [-0.15, -0.1) is 0 Å². The molecule has 1 atom stereocenters. The third kappa shape index (κ3) is 3.59. The Hall–Kier alpha value is -2.31. The molecule has 1 amide bonds. The molecule has 2 heterocycles. The molecule has 108 valence electrons. The molecule has 0 aliphatic carbocycles. The van der Waals surface area contributed by atoms with Gasteiger partial charge in [-0.25, -0.2) is 9.67 Å². The van der Waals surface area contributed by atoms with Crippen molar-refractivity contribution in [2.75, 3.05) is 5.73 Å². The molecule has 0 saturated carbocycles. The van der Waals surface area contributed by atoms with Crippen LogP contribution in [0.15, 0.2) is 24.8 Å². The third-order valence-electron chi connectivity index (χ3n) is 3.07. The molecule has 0 unspecified atom stereocenters. The highest BCUT2D eigenvalue weighted by atomic mass is 16.2. The van der Waals surface area contributed by atoms with Gasteiger partial charge in [0.05, 0.1) is 12.0 Å². The minimum atomic E-state index is -0.0910. The molecule has 0 saturated heterocycles. The summed E-state index contributed by atoms with van der Waals surface area (Å²) < 4.78 is 3.45. The number of carbonyl (C=O) groups is 1. The summed E-state index contributed by atoms with van der Waals surface area (Å²) in [6, 6.07) is 1.81. The SMILES string of the molecule is CC[C@H](Cn1ccnc1)NC(=O)Cn1nc(C)cc1N. The Balaban J connectivity index is 1.90. The summed E-state index contributed by atoms with van der Waals surface area (Å²) in [7, 11) is 0. The molecule has 0 fully saturated rings. The normalized spacial score (nSPS) is 12.3. The predicted molar refractivity (Wildman–Crippen MR) is 75.8 cm³/mol. The smallest absolute Gasteiger partial charge is 0.242 e. The maximum atomic E-state index is 12.0. The van der Waals surface area contributed by atoms with Gasteiger partial charge in [0, 0.05) is 31.0 Å². The number of nitrogens with one attached hydrogen (secondary N) is 1. The Kier molecular flexibility index (Phi) is 4.39. The molecule has 2 aromatic heterocycles. The van der Waals surface area contributed by atoms with E-state index in [0.29, 0.717) is 12.4 Å². The molecule has 0 bridgehead atoms. The second-order valence-electron chi connectivity index (χ2n) is 4.80. The van der Waals surface area contributed by atoms with Crippen molar-refractivity contribution in [3.05, 3.63) is 30.5 Å². The highest BCUT2D eigenvalue weighted by molar-refractivity contribution is 5.76. The molecular formula is C13H20N6O. The number of imidazole rings is 1. The van der Waals surface area contributed by atoms with Gasteiger partial charge in [0.2, 0.25) is 5.91 Å². The Labute approximate surface area is 117 Å². The Morgan fingerprint density at radius 2 is 2.35 bits per heavy atom. The van der Waals surface area contributed by atoms with E-state index < -0.39 is 0 Å². The summed E-state index contributed by atoms with van der Waals surface area (Å²) in [5.74, 6) is 0.409. The second kappa shape index (κ2) is 6.23. The maximum Gasteiger partial charge on any atom is 0.242 e. The molecule has 0 spiro atoms. The van der Waals surface area contributed by atoms with E-state index in [-0.39, 0.29) is 18.5 Å². The first-order valence-corrected chi connectivity index (χ1v) is 6.63. The van der Waals surface area contributed by atoms with E-state index in [2.05, 4.69) is 15.4 Å². The lowest BCUT2D eigenvalue weighted by molar-refractivity contribution is -0.122. The van der Waals surface area contributed by atoms with Crippen LogP contribution in [0.3, 0.4) is 0 Å². The van der Waals surface area contributed by atoms with E-state index in [9.17, 15) is 4.79 Å². The molecule has 0 aliphatic rings. The predicted octanol–water partition coefficient (Wildman–Crippen LogP) is 0.565. The first-order chi connectivity index (χ1) is 9.58. The van der Waals surface area contributed by atoms with Gasteiger partial charge in [0.15, 0.2) is 0 Å². The van der Waals surface area contributed by atoms with E-state index in [0.717, 1.165) is 12.1 Å². The number of rotatable bonds is 6.